The van der Waals surface area contributed by atoms with Crippen molar-refractivity contribution in [3.63, 3.8) is 0 Å². The number of Topliss-reactive ketones (excluding diaryl/α,β-unsaturated/α-hetero) is 1. The van der Waals surface area contributed by atoms with E-state index in [4.69, 9.17) is 23.2 Å². The van der Waals surface area contributed by atoms with E-state index < -0.39 is 11.5 Å². The Morgan fingerprint density at radius 2 is 1.90 bits per heavy atom. The zero-order chi connectivity index (χ0) is 15.0. The molecule has 1 atom stereocenters. The van der Waals surface area contributed by atoms with Crippen molar-refractivity contribution in [1.29, 1.82) is 0 Å². The first-order valence-corrected chi connectivity index (χ1v) is 7.35. The van der Waals surface area contributed by atoms with Crippen LogP contribution in [0.25, 0.3) is 0 Å². The smallest absolute Gasteiger partial charge is 0.134 e. The van der Waals surface area contributed by atoms with Gasteiger partial charge < -0.3 is 5.11 Å². The number of carbonyl (C=O) groups excluding carboxylic acids is 1. The third kappa shape index (κ3) is 2.46. The van der Waals surface area contributed by atoms with Gasteiger partial charge in [0.05, 0.1) is 15.7 Å². The summed E-state index contributed by atoms with van der Waals surface area (Å²) in [4.78, 5) is 15.8. The second-order valence-electron chi connectivity index (χ2n) is 5.33. The number of rotatable bonds is 3. The van der Waals surface area contributed by atoms with Gasteiger partial charge >= 0.3 is 0 Å². The molecule has 0 radical (unpaired) electrons. The summed E-state index contributed by atoms with van der Waals surface area (Å²) in [6.45, 7) is 0. The van der Waals surface area contributed by atoms with Crippen molar-refractivity contribution in [3.05, 3.63) is 63.9 Å². The van der Waals surface area contributed by atoms with Gasteiger partial charge in [0, 0.05) is 24.5 Å². The van der Waals surface area contributed by atoms with Crippen molar-refractivity contribution in [2.75, 3.05) is 0 Å². The molecule has 5 heteroatoms. The number of aromatic nitrogens is 1. The fourth-order valence-electron chi connectivity index (χ4n) is 2.83. The fraction of sp³-hybridized carbons (Fsp3) is 0.250. The highest BCUT2D eigenvalue weighted by molar-refractivity contribution is 6.42. The standard InChI is InChI=1S/C16H13Cl2NO2/c17-12-5-4-10(7-13(12)18)16(8-11(20)9-16)15(21)14-3-1-2-6-19-14/h1-7,15,21H,8-9H2. The van der Waals surface area contributed by atoms with Crippen LogP contribution in [0.4, 0.5) is 0 Å². The number of carbonyl (C=O) groups is 1. The van der Waals surface area contributed by atoms with E-state index in [0.29, 0.717) is 15.7 Å². The minimum Gasteiger partial charge on any atom is -0.386 e. The number of nitrogens with zero attached hydrogens (tertiary/aromatic N) is 1. The average molecular weight is 322 g/mol. The Kier molecular flexibility index (Phi) is 3.74. The van der Waals surface area contributed by atoms with Gasteiger partial charge in [-0.2, -0.15) is 0 Å². The van der Waals surface area contributed by atoms with Crippen LogP contribution >= 0.6 is 23.2 Å². The highest BCUT2D eigenvalue weighted by Crippen LogP contribution is 2.50. The molecular formula is C16H13Cl2NO2. The molecule has 1 aromatic carbocycles. The largest absolute Gasteiger partial charge is 0.386 e. The second-order valence-corrected chi connectivity index (χ2v) is 6.15. The summed E-state index contributed by atoms with van der Waals surface area (Å²) in [5, 5.41) is 11.6. The molecule has 3 nitrogen and oxygen atoms in total. The van der Waals surface area contributed by atoms with Crippen molar-refractivity contribution in [2.45, 2.75) is 24.4 Å². The van der Waals surface area contributed by atoms with E-state index in [-0.39, 0.29) is 18.6 Å². The molecule has 21 heavy (non-hydrogen) atoms. The number of ketones is 1. The Balaban J connectivity index is 2.04. The van der Waals surface area contributed by atoms with Crippen molar-refractivity contribution in [1.82, 2.24) is 4.98 Å². The van der Waals surface area contributed by atoms with Crippen LogP contribution in [0.2, 0.25) is 10.0 Å². The molecule has 1 saturated carbocycles. The Morgan fingerprint density at radius 3 is 2.48 bits per heavy atom. The van der Waals surface area contributed by atoms with E-state index in [1.165, 1.54) is 0 Å². The number of hydrogen-bond donors (Lipinski definition) is 1. The monoisotopic (exact) mass is 321 g/mol. The van der Waals surface area contributed by atoms with Crippen LogP contribution in [0.5, 0.6) is 0 Å². The van der Waals surface area contributed by atoms with Gasteiger partial charge in [-0.15, -0.1) is 0 Å². The van der Waals surface area contributed by atoms with Gasteiger partial charge in [0.25, 0.3) is 0 Å². The molecule has 3 rings (SSSR count). The van der Waals surface area contributed by atoms with Crippen molar-refractivity contribution >= 4 is 29.0 Å². The van der Waals surface area contributed by atoms with Gasteiger partial charge in [0.2, 0.25) is 0 Å². The lowest BCUT2D eigenvalue weighted by Crippen LogP contribution is -2.46. The Labute approximate surface area is 132 Å². The lowest BCUT2D eigenvalue weighted by molar-refractivity contribution is -0.133. The van der Waals surface area contributed by atoms with Crippen LogP contribution in [0.3, 0.4) is 0 Å². The zero-order valence-electron chi connectivity index (χ0n) is 11.1. The third-order valence-electron chi connectivity index (χ3n) is 4.01. The van der Waals surface area contributed by atoms with E-state index in [9.17, 15) is 9.90 Å². The Morgan fingerprint density at radius 1 is 1.14 bits per heavy atom. The molecule has 0 spiro atoms. The summed E-state index contributed by atoms with van der Waals surface area (Å²) < 4.78 is 0. The molecule has 0 bridgehead atoms. The predicted octanol–water partition coefficient (Wildman–Crippen LogP) is 3.72. The normalized spacial score (nSPS) is 18.1. The molecule has 108 valence electrons. The van der Waals surface area contributed by atoms with Gasteiger partial charge in [-0.05, 0) is 29.8 Å². The fourth-order valence-corrected chi connectivity index (χ4v) is 3.13. The van der Waals surface area contributed by atoms with Crippen LogP contribution in [0.1, 0.15) is 30.2 Å². The van der Waals surface area contributed by atoms with Gasteiger partial charge in [-0.25, -0.2) is 0 Å². The van der Waals surface area contributed by atoms with Gasteiger partial charge in [-0.1, -0.05) is 35.3 Å². The molecule has 0 aliphatic heterocycles. The van der Waals surface area contributed by atoms with Crippen LogP contribution < -0.4 is 0 Å². The molecule has 1 heterocycles. The predicted molar refractivity (Wildman–Crippen MR) is 81.6 cm³/mol. The average Bonchev–Trinajstić information content (AvgIpc) is 2.47. The molecule has 0 amide bonds. The first-order valence-electron chi connectivity index (χ1n) is 6.59. The van der Waals surface area contributed by atoms with Crippen molar-refractivity contribution in [2.24, 2.45) is 0 Å². The molecule has 2 aromatic rings. The molecule has 1 aliphatic carbocycles. The highest BCUT2D eigenvalue weighted by atomic mass is 35.5. The highest BCUT2D eigenvalue weighted by Gasteiger charge is 2.51. The molecular weight excluding hydrogens is 309 g/mol. The van der Waals surface area contributed by atoms with Crippen molar-refractivity contribution in [3.8, 4) is 0 Å². The minimum absolute atomic E-state index is 0.121. The first kappa shape index (κ1) is 14.5. The maximum absolute atomic E-state index is 11.6. The summed E-state index contributed by atoms with van der Waals surface area (Å²) in [6.07, 6.45) is 1.33. The van der Waals surface area contributed by atoms with Gasteiger partial charge in [0.1, 0.15) is 11.9 Å². The van der Waals surface area contributed by atoms with Gasteiger partial charge in [-0.3, -0.25) is 9.78 Å². The number of aliphatic hydroxyl groups is 1. The van der Waals surface area contributed by atoms with Crippen molar-refractivity contribution < 1.29 is 9.90 Å². The van der Waals surface area contributed by atoms with Crippen LogP contribution in [-0.4, -0.2) is 15.9 Å². The number of halogens is 2. The summed E-state index contributed by atoms with van der Waals surface area (Å²) in [5.41, 5.74) is 0.699. The van der Waals surface area contributed by atoms with Gasteiger partial charge in [0.15, 0.2) is 0 Å². The van der Waals surface area contributed by atoms with Crippen LogP contribution in [0.15, 0.2) is 42.6 Å². The maximum Gasteiger partial charge on any atom is 0.134 e. The SMILES string of the molecule is O=C1CC(c2ccc(Cl)c(Cl)c2)(C(O)c2ccccn2)C1. The lowest BCUT2D eigenvalue weighted by Gasteiger charge is -2.44. The zero-order valence-corrected chi connectivity index (χ0v) is 12.6. The number of aliphatic hydroxyl groups excluding tert-OH is 1. The topological polar surface area (TPSA) is 50.2 Å². The maximum atomic E-state index is 11.6. The minimum atomic E-state index is -0.853. The Hall–Kier alpha value is -1.42. The molecule has 1 fully saturated rings. The second kappa shape index (κ2) is 5.41. The summed E-state index contributed by atoms with van der Waals surface area (Å²) in [7, 11) is 0. The summed E-state index contributed by atoms with van der Waals surface area (Å²) in [5.74, 6) is 0.121. The summed E-state index contributed by atoms with van der Waals surface area (Å²) in [6, 6.07) is 10.6. The van der Waals surface area contributed by atoms with Crippen LogP contribution in [0, 0.1) is 0 Å². The third-order valence-corrected chi connectivity index (χ3v) is 4.75. The van der Waals surface area contributed by atoms with E-state index in [0.717, 1.165) is 5.56 Å². The molecule has 0 saturated heterocycles. The molecule has 1 aliphatic rings. The van der Waals surface area contributed by atoms with E-state index in [1.54, 1.807) is 30.5 Å². The number of pyridine rings is 1. The quantitative estimate of drug-likeness (QED) is 0.937. The molecule has 1 aromatic heterocycles. The van der Waals surface area contributed by atoms with E-state index in [1.807, 2.05) is 12.1 Å². The summed E-state index contributed by atoms with van der Waals surface area (Å²) >= 11 is 12.0. The van der Waals surface area contributed by atoms with E-state index >= 15 is 0 Å². The number of benzene rings is 1. The molecule has 1 unspecified atom stereocenters. The number of hydrogen-bond acceptors (Lipinski definition) is 3. The van der Waals surface area contributed by atoms with E-state index in [2.05, 4.69) is 4.98 Å². The Bertz CT molecular complexity index is 680. The molecule has 1 N–H and O–H groups in total. The first-order chi connectivity index (χ1) is 10.0. The van der Waals surface area contributed by atoms with Crippen LogP contribution in [-0.2, 0) is 10.2 Å². The lowest BCUT2D eigenvalue weighted by atomic mass is 9.59.